The molecule has 0 spiro atoms. The number of amides is 2. The molecule has 0 aliphatic heterocycles. The Morgan fingerprint density at radius 1 is 1.06 bits per heavy atom. The van der Waals surface area contributed by atoms with Gasteiger partial charge in [-0.3, -0.25) is 14.7 Å². The molecule has 7 nitrogen and oxygen atoms in total. The van der Waals surface area contributed by atoms with Crippen LogP contribution in [-0.4, -0.2) is 33.0 Å². The van der Waals surface area contributed by atoms with E-state index >= 15 is 0 Å². The van der Waals surface area contributed by atoms with Crippen molar-refractivity contribution in [2.45, 2.75) is 45.1 Å². The van der Waals surface area contributed by atoms with Gasteiger partial charge in [0.15, 0.2) is 0 Å². The van der Waals surface area contributed by atoms with Crippen LogP contribution in [0.3, 0.4) is 0 Å². The maximum absolute atomic E-state index is 14.7. The number of aromatic nitrogens is 3. The molecule has 2 aromatic heterocycles. The number of nitrogens with one attached hydrogen (secondary N) is 3. The smallest absolute Gasteiger partial charge is 0.269 e. The van der Waals surface area contributed by atoms with Gasteiger partial charge in [0.2, 0.25) is 11.9 Å². The van der Waals surface area contributed by atoms with Crippen molar-refractivity contribution in [1.29, 1.82) is 0 Å². The lowest BCUT2D eigenvalue weighted by Gasteiger charge is -2.29. The first-order chi connectivity index (χ1) is 15.5. The number of nitrogens with zero attached hydrogens (tertiary/aromatic N) is 2. The monoisotopic (exact) mass is 435 g/mol. The molecule has 3 aromatic rings. The summed E-state index contributed by atoms with van der Waals surface area (Å²) in [6.45, 7) is 1.96. The third-order valence-electron chi connectivity index (χ3n) is 5.90. The van der Waals surface area contributed by atoms with E-state index in [1.54, 1.807) is 18.2 Å². The fraction of sp³-hybridized carbons (Fsp3) is 0.333. The fourth-order valence-electron chi connectivity index (χ4n) is 4.12. The van der Waals surface area contributed by atoms with Gasteiger partial charge in [0.05, 0.1) is 0 Å². The van der Waals surface area contributed by atoms with Crippen LogP contribution in [0.25, 0.3) is 11.1 Å². The van der Waals surface area contributed by atoms with Gasteiger partial charge >= 0.3 is 0 Å². The second kappa shape index (κ2) is 9.72. The Bertz CT molecular complexity index is 1080. The van der Waals surface area contributed by atoms with E-state index < -0.39 is 23.8 Å². The lowest BCUT2D eigenvalue weighted by Crippen LogP contribution is -2.49. The fourth-order valence-corrected chi connectivity index (χ4v) is 4.12. The predicted molar refractivity (Wildman–Crippen MR) is 119 cm³/mol. The summed E-state index contributed by atoms with van der Waals surface area (Å²) in [6.07, 6.45) is 6.30. The topological polar surface area (TPSA) is 99.8 Å². The molecule has 1 aromatic carbocycles. The summed E-state index contributed by atoms with van der Waals surface area (Å²) in [5, 5.41) is 11.9. The summed E-state index contributed by atoms with van der Waals surface area (Å²) in [6, 6.07) is 11.4. The number of hydrogen-bond donors (Lipinski definition) is 3. The Morgan fingerprint density at radius 2 is 1.81 bits per heavy atom. The van der Waals surface area contributed by atoms with Gasteiger partial charge in [-0.15, -0.1) is 0 Å². The molecular weight excluding hydrogens is 409 g/mol. The number of carbonyl (C=O) groups excluding carboxylic acids is 2. The molecule has 1 atom stereocenters. The van der Waals surface area contributed by atoms with E-state index in [0.29, 0.717) is 11.1 Å². The maximum atomic E-state index is 14.7. The van der Waals surface area contributed by atoms with Crippen LogP contribution in [0.1, 0.15) is 48.2 Å². The number of benzene rings is 1. The maximum Gasteiger partial charge on any atom is 0.269 e. The first-order valence-corrected chi connectivity index (χ1v) is 10.9. The molecule has 32 heavy (non-hydrogen) atoms. The van der Waals surface area contributed by atoms with Crippen molar-refractivity contribution in [3.8, 4) is 11.1 Å². The third-order valence-corrected chi connectivity index (χ3v) is 5.90. The number of hydrogen-bond acceptors (Lipinski definition) is 4. The quantitative estimate of drug-likeness (QED) is 0.504. The Balaban J connectivity index is 1.51. The molecule has 0 saturated heterocycles. The van der Waals surface area contributed by atoms with Crippen molar-refractivity contribution >= 4 is 17.6 Å². The highest BCUT2D eigenvalue weighted by Crippen LogP contribution is 2.28. The molecule has 0 bridgehead atoms. The molecule has 3 N–H and O–H groups in total. The van der Waals surface area contributed by atoms with Gasteiger partial charge < -0.3 is 10.6 Å². The Labute approximate surface area is 185 Å². The summed E-state index contributed by atoms with van der Waals surface area (Å²) in [4.78, 5) is 29.6. The van der Waals surface area contributed by atoms with Crippen LogP contribution in [-0.2, 0) is 4.79 Å². The van der Waals surface area contributed by atoms with Gasteiger partial charge in [-0.2, -0.15) is 9.49 Å². The number of anilines is 1. The molecule has 1 aliphatic rings. The number of carbonyl (C=O) groups is 2. The average molecular weight is 436 g/mol. The van der Waals surface area contributed by atoms with E-state index in [2.05, 4.69) is 25.8 Å². The normalized spacial score (nSPS) is 15.2. The van der Waals surface area contributed by atoms with Gasteiger partial charge in [0.1, 0.15) is 17.6 Å². The zero-order valence-electron chi connectivity index (χ0n) is 17.9. The zero-order valence-corrected chi connectivity index (χ0v) is 17.9. The highest BCUT2D eigenvalue weighted by atomic mass is 19.1. The number of halogens is 1. The van der Waals surface area contributed by atoms with Crippen molar-refractivity contribution in [2.24, 2.45) is 5.92 Å². The summed E-state index contributed by atoms with van der Waals surface area (Å²) in [7, 11) is 0. The van der Waals surface area contributed by atoms with Crippen LogP contribution in [0.4, 0.5) is 10.2 Å². The van der Waals surface area contributed by atoms with Crippen LogP contribution < -0.4 is 10.6 Å². The number of pyridine rings is 1. The number of rotatable bonds is 6. The molecule has 2 amide bonds. The molecule has 2 heterocycles. The van der Waals surface area contributed by atoms with E-state index in [0.717, 1.165) is 37.7 Å². The molecule has 166 valence electrons. The van der Waals surface area contributed by atoms with Crippen molar-refractivity contribution in [1.82, 2.24) is 20.5 Å². The van der Waals surface area contributed by atoms with Crippen molar-refractivity contribution in [2.75, 3.05) is 5.32 Å². The second-order valence-corrected chi connectivity index (χ2v) is 8.21. The molecule has 1 unspecified atom stereocenters. The van der Waals surface area contributed by atoms with Crippen LogP contribution in [0.15, 0.2) is 48.7 Å². The standard InChI is InChI=1S/C24H26FN5O2/c1-15-7-9-16(10-8-15)18-11-12-20(27-22(18)25)28-24(32)21(17-5-3-2-4-6-17)29-23(31)19-13-14-26-30-19/h7-14,17,21H,2-6H2,1H3,(H,26,30)(H,29,31)(H,27,28,32). The zero-order chi connectivity index (χ0) is 22.5. The molecule has 1 fully saturated rings. The average Bonchev–Trinajstić information content (AvgIpc) is 3.34. The lowest BCUT2D eigenvalue weighted by atomic mass is 9.83. The molecule has 4 rings (SSSR count). The summed E-state index contributed by atoms with van der Waals surface area (Å²) in [5.41, 5.74) is 2.44. The summed E-state index contributed by atoms with van der Waals surface area (Å²) < 4.78 is 14.7. The Morgan fingerprint density at radius 3 is 2.47 bits per heavy atom. The van der Waals surface area contributed by atoms with E-state index in [-0.39, 0.29) is 17.4 Å². The molecular formula is C24H26FN5O2. The first-order valence-electron chi connectivity index (χ1n) is 10.9. The Kier molecular flexibility index (Phi) is 6.58. The molecule has 1 saturated carbocycles. The minimum absolute atomic E-state index is 0.00676. The summed E-state index contributed by atoms with van der Waals surface area (Å²) >= 11 is 0. The Hall–Kier alpha value is -3.55. The molecule has 1 aliphatic carbocycles. The highest BCUT2D eigenvalue weighted by Gasteiger charge is 2.32. The third kappa shape index (κ3) is 5.01. The van der Waals surface area contributed by atoms with Crippen molar-refractivity contribution in [3.05, 3.63) is 65.9 Å². The minimum atomic E-state index is -0.743. The van der Waals surface area contributed by atoms with Gasteiger partial charge in [-0.25, -0.2) is 4.98 Å². The molecule has 0 radical (unpaired) electrons. The van der Waals surface area contributed by atoms with E-state index in [4.69, 9.17) is 0 Å². The number of aryl methyl sites for hydroxylation is 1. The van der Waals surface area contributed by atoms with Gasteiger partial charge in [0.25, 0.3) is 5.91 Å². The van der Waals surface area contributed by atoms with Crippen LogP contribution in [0.5, 0.6) is 0 Å². The van der Waals surface area contributed by atoms with Crippen molar-refractivity contribution in [3.63, 3.8) is 0 Å². The lowest BCUT2D eigenvalue weighted by molar-refractivity contribution is -0.119. The van der Waals surface area contributed by atoms with Gasteiger partial charge in [-0.05, 0) is 49.4 Å². The van der Waals surface area contributed by atoms with E-state index in [1.165, 1.54) is 6.20 Å². The SMILES string of the molecule is Cc1ccc(-c2ccc(NC(=O)C(NC(=O)c3ccn[nH]3)C3CCCCC3)nc2F)cc1. The number of aromatic amines is 1. The van der Waals surface area contributed by atoms with Gasteiger partial charge in [0, 0.05) is 11.8 Å². The molecule has 8 heteroatoms. The second-order valence-electron chi connectivity index (χ2n) is 8.21. The largest absolute Gasteiger partial charge is 0.339 e. The van der Waals surface area contributed by atoms with Crippen LogP contribution in [0.2, 0.25) is 0 Å². The predicted octanol–water partition coefficient (Wildman–Crippen LogP) is 4.24. The van der Waals surface area contributed by atoms with Gasteiger partial charge in [-0.1, -0.05) is 49.1 Å². The van der Waals surface area contributed by atoms with Crippen LogP contribution in [0, 0.1) is 18.8 Å². The minimum Gasteiger partial charge on any atom is -0.339 e. The number of H-pyrrole nitrogens is 1. The van der Waals surface area contributed by atoms with E-state index in [1.807, 2.05) is 31.2 Å². The summed E-state index contributed by atoms with van der Waals surface area (Å²) in [5.74, 6) is -1.35. The van der Waals surface area contributed by atoms with Crippen LogP contribution >= 0.6 is 0 Å². The van der Waals surface area contributed by atoms with E-state index in [9.17, 15) is 14.0 Å². The first kappa shape index (κ1) is 21.7. The highest BCUT2D eigenvalue weighted by molar-refractivity contribution is 6.00. The van der Waals surface area contributed by atoms with Crippen molar-refractivity contribution < 1.29 is 14.0 Å².